The quantitative estimate of drug-likeness (QED) is 0.258. The van der Waals surface area contributed by atoms with Gasteiger partial charge in [0, 0.05) is 42.6 Å². The fourth-order valence-corrected chi connectivity index (χ4v) is 6.94. The summed E-state index contributed by atoms with van der Waals surface area (Å²) in [6.07, 6.45) is 2.37. The minimum atomic E-state index is -2.63. The number of nitrogens with one attached hydrogen (secondary N) is 1. The number of piperidine rings is 1. The van der Waals surface area contributed by atoms with E-state index in [9.17, 15) is 34.8 Å². The van der Waals surface area contributed by atoms with Crippen LogP contribution in [0.5, 0.6) is 5.75 Å². The molecular weight excluding hydrogens is 555 g/mol. The largest absolute Gasteiger partial charge is 0.508 e. The maximum atomic E-state index is 13.9. The van der Waals surface area contributed by atoms with E-state index in [4.69, 9.17) is 5.73 Å². The summed E-state index contributed by atoms with van der Waals surface area (Å²) in [6.45, 7) is 2.51. The van der Waals surface area contributed by atoms with E-state index in [0.717, 1.165) is 31.5 Å². The van der Waals surface area contributed by atoms with E-state index in [0.29, 0.717) is 18.2 Å². The molecule has 4 aliphatic rings. The number of ketones is 2. The van der Waals surface area contributed by atoms with Gasteiger partial charge in [0.25, 0.3) is 5.91 Å². The summed E-state index contributed by atoms with van der Waals surface area (Å²) in [7, 11) is 5.26. The van der Waals surface area contributed by atoms with Crippen molar-refractivity contribution in [1.82, 2.24) is 15.1 Å². The number of phenolic OH excluding ortho intramolecular Hbond substituents is 1. The normalized spacial score (nSPS) is 29.2. The van der Waals surface area contributed by atoms with Gasteiger partial charge in [-0.2, -0.15) is 0 Å². The van der Waals surface area contributed by atoms with Gasteiger partial charge in [-0.3, -0.25) is 19.3 Å². The van der Waals surface area contributed by atoms with Crippen LogP contribution in [0, 0.1) is 11.8 Å². The van der Waals surface area contributed by atoms with Crippen LogP contribution in [0.1, 0.15) is 36.0 Å². The maximum Gasteiger partial charge on any atom is 0.255 e. The number of phenols is 1. The van der Waals surface area contributed by atoms with Crippen LogP contribution < -0.4 is 11.1 Å². The van der Waals surface area contributed by atoms with E-state index >= 15 is 0 Å². The number of nitrogens with zero attached hydrogens (tertiary/aromatic N) is 2. The van der Waals surface area contributed by atoms with Crippen molar-refractivity contribution in [2.75, 3.05) is 34.2 Å². The Morgan fingerprint density at radius 3 is 2.42 bits per heavy atom. The fourth-order valence-electron chi connectivity index (χ4n) is 6.94. The number of primary amides is 1. The number of carbonyl (C=O) groups excluding carboxylic acids is 3. The van der Waals surface area contributed by atoms with Crippen molar-refractivity contribution >= 4 is 23.2 Å². The number of likely N-dealkylation sites (N-methyl/N-ethyl adjacent to an activating group) is 1. The second kappa shape index (κ2) is 11.0. The standard InChI is InChI=1S/C28H36N4O7.V/c1-31(2)22-17-11-14-10-16-13(12-30-15-6-8-32(3)9-7-15)4-5-18(33)20(16)23(34)19(14)25(36)28(17,39)26(37)21(24(22)35)27(29)38;/h4-5,14-15,17,22,30,33-34,37,39H,6-12H2,1-3H3,(H2,29,38);/t14-,17-,22-,28-;/m0./s1. The summed E-state index contributed by atoms with van der Waals surface area (Å²) < 4.78 is 0. The Morgan fingerprint density at radius 2 is 1.82 bits per heavy atom. The predicted molar refractivity (Wildman–Crippen MR) is 142 cm³/mol. The van der Waals surface area contributed by atoms with Crippen LogP contribution in [0.4, 0.5) is 0 Å². The van der Waals surface area contributed by atoms with E-state index < -0.39 is 58.0 Å². The third-order valence-corrected chi connectivity index (χ3v) is 9.00. The Balaban J connectivity index is 0.00000370. The predicted octanol–water partition coefficient (Wildman–Crippen LogP) is 0.145. The molecule has 11 nitrogen and oxygen atoms in total. The van der Waals surface area contributed by atoms with Crippen LogP contribution in [-0.2, 0) is 45.9 Å². The number of nitrogens with two attached hydrogens (primary N) is 1. The van der Waals surface area contributed by atoms with Crippen molar-refractivity contribution in [1.29, 1.82) is 0 Å². The number of fused-ring (bicyclic) bond motifs is 3. The summed E-state index contributed by atoms with van der Waals surface area (Å²) >= 11 is 0. The third kappa shape index (κ3) is 4.58. The number of benzene rings is 1. The van der Waals surface area contributed by atoms with Gasteiger partial charge in [0.15, 0.2) is 11.4 Å². The number of hydrogen-bond donors (Lipinski definition) is 6. The van der Waals surface area contributed by atoms with Gasteiger partial charge in [-0.25, -0.2) is 0 Å². The molecule has 0 spiro atoms. The van der Waals surface area contributed by atoms with Gasteiger partial charge < -0.3 is 36.4 Å². The van der Waals surface area contributed by atoms with Crippen molar-refractivity contribution in [3.63, 3.8) is 0 Å². The molecular formula is C28H36N4O7V. The Labute approximate surface area is 244 Å². The van der Waals surface area contributed by atoms with Gasteiger partial charge >= 0.3 is 0 Å². The van der Waals surface area contributed by atoms with Crippen LogP contribution in [0.15, 0.2) is 29.0 Å². The Bertz CT molecular complexity index is 1320. The number of likely N-dealkylation sites (tertiary alicyclic amines) is 1. The molecule has 1 amide bonds. The molecule has 7 N–H and O–H groups in total. The Hall–Kier alpha value is -2.67. The van der Waals surface area contributed by atoms with Crippen LogP contribution >= 0.6 is 0 Å². The molecule has 1 aromatic rings. The van der Waals surface area contributed by atoms with Crippen molar-refractivity contribution < 1.29 is 53.4 Å². The Morgan fingerprint density at radius 1 is 1.18 bits per heavy atom. The third-order valence-electron chi connectivity index (χ3n) is 9.00. The summed E-state index contributed by atoms with van der Waals surface area (Å²) in [6, 6.07) is 2.51. The number of Topliss-reactive ketones (excluding diaryl/α,β-unsaturated/α-hetero) is 2. The van der Waals surface area contributed by atoms with Crippen molar-refractivity contribution in [3.05, 3.63) is 45.7 Å². The number of aromatic hydroxyl groups is 1. The topological polar surface area (TPSA) is 177 Å². The molecule has 1 radical (unpaired) electrons. The molecule has 0 aromatic heterocycles. The number of amides is 1. The van der Waals surface area contributed by atoms with Gasteiger partial charge in [0.05, 0.1) is 11.6 Å². The van der Waals surface area contributed by atoms with E-state index in [1.807, 2.05) is 0 Å². The van der Waals surface area contributed by atoms with Crippen molar-refractivity contribution in [2.45, 2.75) is 49.9 Å². The summed E-state index contributed by atoms with van der Waals surface area (Å²) in [4.78, 5) is 43.0. The number of aliphatic hydroxyl groups is 3. The van der Waals surface area contributed by atoms with E-state index in [2.05, 4.69) is 17.3 Å². The maximum absolute atomic E-state index is 13.9. The first-order valence-electron chi connectivity index (χ1n) is 13.3. The van der Waals surface area contributed by atoms with Gasteiger partial charge in [0.1, 0.15) is 22.8 Å². The summed E-state index contributed by atoms with van der Waals surface area (Å²) in [5.74, 6) is -6.45. The number of hydrogen-bond acceptors (Lipinski definition) is 10. The molecule has 1 saturated carbocycles. The number of rotatable bonds is 5. The molecule has 1 aliphatic heterocycles. The molecule has 4 atom stereocenters. The average molecular weight is 592 g/mol. The first-order valence-corrected chi connectivity index (χ1v) is 13.3. The monoisotopic (exact) mass is 591 g/mol. The van der Waals surface area contributed by atoms with Crippen LogP contribution in [0.25, 0.3) is 5.76 Å². The zero-order valence-electron chi connectivity index (χ0n) is 22.8. The SMILES string of the molecule is CN1CCC(NCc2ccc(O)c3c2C[C@H]2C[C@H]4[C@H](N(C)C)C(=O)C(C(N)=O)=C(O)[C@@]4(O)C(=O)C2=C3O)CC1.[V]. The van der Waals surface area contributed by atoms with E-state index in [-0.39, 0.29) is 48.3 Å². The molecule has 215 valence electrons. The van der Waals surface area contributed by atoms with Crippen molar-refractivity contribution in [2.24, 2.45) is 17.6 Å². The molecule has 0 bridgehead atoms. The smallest absolute Gasteiger partial charge is 0.255 e. The minimum absolute atomic E-state index is 0. The second-order valence-corrected chi connectivity index (χ2v) is 11.5. The zero-order valence-corrected chi connectivity index (χ0v) is 24.2. The van der Waals surface area contributed by atoms with Crippen LogP contribution in [0.2, 0.25) is 0 Å². The van der Waals surface area contributed by atoms with Gasteiger partial charge in [0.2, 0.25) is 5.78 Å². The van der Waals surface area contributed by atoms with Gasteiger partial charge in [-0.05, 0) is 83.0 Å². The molecule has 0 unspecified atom stereocenters. The number of carbonyl (C=O) groups is 3. The molecule has 1 heterocycles. The van der Waals surface area contributed by atoms with Crippen LogP contribution in [-0.4, -0.2) is 99.6 Å². The first-order chi connectivity index (χ1) is 18.4. The summed E-state index contributed by atoms with van der Waals surface area (Å²) in [5, 5.41) is 48.3. The van der Waals surface area contributed by atoms with Crippen LogP contribution in [0.3, 0.4) is 0 Å². The molecule has 40 heavy (non-hydrogen) atoms. The van der Waals surface area contributed by atoms with E-state index in [1.54, 1.807) is 20.2 Å². The zero-order chi connectivity index (χ0) is 28.4. The molecule has 3 aliphatic carbocycles. The first kappa shape index (κ1) is 30.3. The van der Waals surface area contributed by atoms with Crippen molar-refractivity contribution in [3.8, 4) is 5.75 Å². The number of aliphatic hydroxyl groups excluding tert-OH is 2. The fraction of sp³-hybridized carbons (Fsp3) is 0.536. The summed E-state index contributed by atoms with van der Waals surface area (Å²) in [5.41, 5.74) is 3.47. The molecule has 1 saturated heterocycles. The molecule has 12 heteroatoms. The molecule has 1 aromatic carbocycles. The van der Waals surface area contributed by atoms with Gasteiger partial charge in [-0.1, -0.05) is 6.07 Å². The van der Waals surface area contributed by atoms with Gasteiger partial charge in [-0.15, -0.1) is 0 Å². The minimum Gasteiger partial charge on any atom is -0.508 e. The Kier molecular flexibility index (Phi) is 8.30. The second-order valence-electron chi connectivity index (χ2n) is 11.5. The molecule has 2 fully saturated rings. The van der Waals surface area contributed by atoms with E-state index in [1.165, 1.54) is 11.0 Å². The average Bonchev–Trinajstić information content (AvgIpc) is 2.86. The molecule has 5 rings (SSSR count).